The zero-order valence-corrected chi connectivity index (χ0v) is 28.2. The second kappa shape index (κ2) is 21.9. The number of nitrogens with two attached hydrogens (primary N) is 1. The van der Waals surface area contributed by atoms with Gasteiger partial charge < -0.3 is 5.73 Å². The Balaban J connectivity index is 0.000000183. The lowest BCUT2D eigenvalue weighted by atomic mass is 10.0. The molecule has 3 heterocycles. The number of hydrogen-bond acceptors (Lipinski definition) is 7. The van der Waals surface area contributed by atoms with E-state index in [0.717, 1.165) is 17.5 Å². The summed E-state index contributed by atoms with van der Waals surface area (Å²) in [5.41, 5.74) is 12.1. The average molecular weight is 654 g/mol. The van der Waals surface area contributed by atoms with Gasteiger partial charge in [-0.25, -0.2) is 5.06 Å². The number of ketones is 1. The molecule has 49 heavy (non-hydrogen) atoms. The number of hydrogen-bond donors (Lipinski definition) is 1. The van der Waals surface area contributed by atoms with Crippen LogP contribution in [0, 0.1) is 6.92 Å². The molecule has 8 heteroatoms. The van der Waals surface area contributed by atoms with Crippen LogP contribution in [0.2, 0.25) is 0 Å². The van der Waals surface area contributed by atoms with Gasteiger partial charge >= 0.3 is 0 Å². The highest BCUT2D eigenvalue weighted by Crippen LogP contribution is 2.15. The smallest absolute Gasteiger partial charge is 0.277 e. The number of rotatable bonds is 8. The van der Waals surface area contributed by atoms with Crippen molar-refractivity contribution in [3.8, 4) is 0 Å². The van der Waals surface area contributed by atoms with Crippen LogP contribution in [0.25, 0.3) is 0 Å². The Morgan fingerprint density at radius 3 is 1.51 bits per heavy atom. The molecule has 3 aromatic heterocycles. The maximum atomic E-state index is 11.8. The van der Waals surface area contributed by atoms with E-state index in [9.17, 15) is 9.59 Å². The first-order valence-corrected chi connectivity index (χ1v) is 15.8. The maximum absolute atomic E-state index is 11.8. The summed E-state index contributed by atoms with van der Waals surface area (Å²) in [5, 5.41) is 1.19. The molecule has 0 aliphatic heterocycles. The first-order chi connectivity index (χ1) is 23.9. The van der Waals surface area contributed by atoms with E-state index in [1.807, 2.05) is 110 Å². The van der Waals surface area contributed by atoms with E-state index in [2.05, 4.69) is 27.1 Å². The van der Waals surface area contributed by atoms with Gasteiger partial charge in [0.15, 0.2) is 5.78 Å². The lowest BCUT2D eigenvalue weighted by Crippen LogP contribution is -2.25. The van der Waals surface area contributed by atoms with E-state index < -0.39 is 0 Å². The molecule has 0 aliphatic rings. The standard InChI is InChI=1S/C13H14N2.C13H11NO.C9H11NO2.C6H7N/c14-13(12-4-2-1-3-5-12)10-11-6-8-15-9-7-11;15-13(12-4-2-1-3-5-12)10-11-6-8-14-9-7-11;1-10(12-2)9(11)8-6-4-3-5-7-8;1-6-2-4-7-5-3-6/h1-9,13H,10,14H2;1-9H,10H2;3-7H,1-2H3;2-5H,1H3. The van der Waals surface area contributed by atoms with Gasteiger partial charge in [0, 0.05) is 67.8 Å². The van der Waals surface area contributed by atoms with Crippen molar-refractivity contribution in [2.75, 3.05) is 14.2 Å². The zero-order valence-electron chi connectivity index (χ0n) is 28.2. The molecule has 3 aromatic carbocycles. The molecular formula is C41H43N5O3. The highest BCUT2D eigenvalue weighted by molar-refractivity contribution is 5.97. The van der Waals surface area contributed by atoms with Crippen LogP contribution in [0.1, 0.15) is 49.0 Å². The van der Waals surface area contributed by atoms with Crippen LogP contribution in [-0.4, -0.2) is 45.9 Å². The monoisotopic (exact) mass is 653 g/mol. The average Bonchev–Trinajstić information content (AvgIpc) is 3.17. The third-order valence-electron chi connectivity index (χ3n) is 7.07. The molecule has 8 nitrogen and oxygen atoms in total. The lowest BCUT2D eigenvalue weighted by molar-refractivity contribution is -0.0756. The second-order valence-electron chi connectivity index (χ2n) is 10.8. The fourth-order valence-corrected chi connectivity index (χ4v) is 4.27. The molecule has 1 amide bonds. The SMILES string of the molecule is CON(C)C(=O)c1ccccc1.Cc1ccncc1.NC(Cc1ccncc1)c1ccccc1.O=C(Cc1ccncc1)c1ccccc1. The van der Waals surface area contributed by atoms with Gasteiger partial charge in [-0.1, -0.05) is 78.9 Å². The number of carbonyl (C=O) groups is 2. The number of carbonyl (C=O) groups excluding carboxylic acids is 2. The number of aromatic nitrogens is 3. The molecule has 250 valence electrons. The summed E-state index contributed by atoms with van der Waals surface area (Å²) >= 11 is 0. The minimum absolute atomic E-state index is 0.0635. The van der Waals surface area contributed by atoms with Crippen molar-refractivity contribution in [2.45, 2.75) is 25.8 Å². The Morgan fingerprint density at radius 1 is 0.633 bits per heavy atom. The van der Waals surface area contributed by atoms with Crippen molar-refractivity contribution in [3.05, 3.63) is 198 Å². The minimum atomic E-state index is -0.141. The molecule has 0 fully saturated rings. The molecule has 1 unspecified atom stereocenters. The first-order valence-electron chi connectivity index (χ1n) is 15.8. The third kappa shape index (κ3) is 14.6. The molecule has 0 radical (unpaired) electrons. The van der Waals surface area contributed by atoms with Gasteiger partial charge in [0.1, 0.15) is 0 Å². The van der Waals surface area contributed by atoms with E-state index in [1.165, 1.54) is 28.9 Å². The van der Waals surface area contributed by atoms with Gasteiger partial charge in [-0.05, 0) is 84.1 Å². The minimum Gasteiger partial charge on any atom is -0.324 e. The number of amides is 1. The zero-order chi connectivity index (χ0) is 35.1. The highest BCUT2D eigenvalue weighted by atomic mass is 16.7. The fraction of sp³-hybridized carbons (Fsp3) is 0.146. The van der Waals surface area contributed by atoms with Crippen LogP contribution >= 0.6 is 0 Å². The number of aryl methyl sites for hydroxylation is 1. The lowest BCUT2D eigenvalue weighted by Gasteiger charge is -2.12. The van der Waals surface area contributed by atoms with Gasteiger partial charge in [0.05, 0.1) is 7.11 Å². The summed E-state index contributed by atoms with van der Waals surface area (Å²) in [4.78, 5) is 39.7. The summed E-state index contributed by atoms with van der Waals surface area (Å²) < 4.78 is 0. The number of pyridine rings is 3. The van der Waals surface area contributed by atoms with Crippen LogP contribution in [0.4, 0.5) is 0 Å². The van der Waals surface area contributed by atoms with E-state index in [4.69, 9.17) is 10.6 Å². The molecule has 0 aliphatic carbocycles. The molecule has 2 N–H and O–H groups in total. The van der Waals surface area contributed by atoms with Crippen LogP contribution < -0.4 is 5.73 Å². The second-order valence-corrected chi connectivity index (χ2v) is 10.8. The number of Topliss-reactive ketones (excluding diaryl/α,β-unsaturated/α-hetero) is 1. The van der Waals surface area contributed by atoms with Crippen molar-refractivity contribution >= 4 is 11.7 Å². The van der Waals surface area contributed by atoms with Gasteiger partial charge in [0.2, 0.25) is 0 Å². The third-order valence-corrected chi connectivity index (χ3v) is 7.07. The normalized spacial score (nSPS) is 10.4. The van der Waals surface area contributed by atoms with Gasteiger partial charge in [-0.15, -0.1) is 0 Å². The summed E-state index contributed by atoms with van der Waals surface area (Å²) in [7, 11) is 3.04. The molecule has 0 bridgehead atoms. The molecule has 0 saturated heterocycles. The molecule has 0 saturated carbocycles. The van der Waals surface area contributed by atoms with E-state index in [-0.39, 0.29) is 17.7 Å². The highest BCUT2D eigenvalue weighted by Gasteiger charge is 2.09. The van der Waals surface area contributed by atoms with Crippen molar-refractivity contribution in [2.24, 2.45) is 5.73 Å². The predicted octanol–water partition coefficient (Wildman–Crippen LogP) is 7.54. The largest absolute Gasteiger partial charge is 0.324 e. The summed E-state index contributed by atoms with van der Waals surface area (Å²) in [6.45, 7) is 2.04. The van der Waals surface area contributed by atoms with E-state index in [1.54, 1.807) is 56.4 Å². The molecule has 1 atom stereocenters. The number of nitrogens with zero attached hydrogens (tertiary/aromatic N) is 4. The Morgan fingerprint density at radius 2 is 1.06 bits per heavy atom. The van der Waals surface area contributed by atoms with Crippen LogP contribution in [0.15, 0.2) is 165 Å². The molecular weight excluding hydrogens is 610 g/mol. The predicted molar refractivity (Wildman–Crippen MR) is 195 cm³/mol. The van der Waals surface area contributed by atoms with Gasteiger partial charge in [-0.2, -0.15) is 0 Å². The fourth-order valence-electron chi connectivity index (χ4n) is 4.27. The van der Waals surface area contributed by atoms with Crippen molar-refractivity contribution in [1.82, 2.24) is 20.0 Å². The van der Waals surface area contributed by atoms with Gasteiger partial charge in [0.25, 0.3) is 5.91 Å². The Labute approximate surface area is 289 Å². The van der Waals surface area contributed by atoms with Gasteiger partial charge in [-0.3, -0.25) is 29.4 Å². The van der Waals surface area contributed by atoms with Crippen LogP contribution in [0.5, 0.6) is 0 Å². The Kier molecular flexibility index (Phi) is 16.8. The Hall–Kier alpha value is -5.83. The number of hydroxylamine groups is 2. The molecule has 6 aromatic rings. The molecule has 6 rings (SSSR count). The van der Waals surface area contributed by atoms with Crippen LogP contribution in [0.3, 0.4) is 0 Å². The first kappa shape index (κ1) is 37.6. The topological polar surface area (TPSA) is 111 Å². The summed E-state index contributed by atoms with van der Waals surface area (Å²) in [6, 6.07) is 40.2. The molecule has 0 spiro atoms. The van der Waals surface area contributed by atoms with E-state index in [0.29, 0.717) is 12.0 Å². The number of benzene rings is 3. The van der Waals surface area contributed by atoms with E-state index >= 15 is 0 Å². The van der Waals surface area contributed by atoms with Crippen LogP contribution in [-0.2, 0) is 17.7 Å². The van der Waals surface area contributed by atoms with Crippen molar-refractivity contribution in [3.63, 3.8) is 0 Å². The summed E-state index contributed by atoms with van der Waals surface area (Å²) in [5.74, 6) is -0.0000926. The van der Waals surface area contributed by atoms with Crippen molar-refractivity contribution in [1.29, 1.82) is 0 Å². The maximum Gasteiger partial charge on any atom is 0.277 e. The van der Waals surface area contributed by atoms with Crippen molar-refractivity contribution < 1.29 is 14.4 Å². The Bertz CT molecular complexity index is 1740. The summed E-state index contributed by atoms with van der Waals surface area (Å²) in [6.07, 6.45) is 11.9. The quantitative estimate of drug-likeness (QED) is 0.133.